The van der Waals surface area contributed by atoms with Gasteiger partial charge in [0.1, 0.15) is 6.04 Å². The number of carbonyl (C=O) groups is 3. The van der Waals surface area contributed by atoms with Crippen LogP contribution in [0.5, 0.6) is 0 Å². The van der Waals surface area contributed by atoms with E-state index in [0.717, 1.165) is 19.4 Å². The van der Waals surface area contributed by atoms with Crippen molar-refractivity contribution in [1.29, 1.82) is 0 Å². The van der Waals surface area contributed by atoms with Crippen LogP contribution in [0.4, 0.5) is 0 Å². The number of hydrogen-bond acceptors (Lipinski definition) is 4. The first-order valence-corrected chi connectivity index (χ1v) is 5.62. The number of rotatable bonds is 6. The van der Waals surface area contributed by atoms with Crippen molar-refractivity contribution in [2.45, 2.75) is 37.8 Å². The minimum atomic E-state index is -0.836. The molecule has 2 atom stereocenters. The summed E-state index contributed by atoms with van der Waals surface area (Å²) in [6, 6.07) is -1.11. The van der Waals surface area contributed by atoms with Gasteiger partial charge in [0.15, 0.2) is 0 Å². The molecule has 17 heavy (non-hydrogen) atoms. The molecule has 1 fully saturated rings. The van der Waals surface area contributed by atoms with Crippen molar-refractivity contribution < 1.29 is 14.4 Å². The summed E-state index contributed by atoms with van der Waals surface area (Å²) in [6.07, 6.45) is 1.84. The Labute approximate surface area is 99.3 Å². The molecule has 0 aromatic heterocycles. The standard InChI is InChI=1S/C10H18N4O3/c11-8(15)4-3-6(9(12)16)14-10(17)7-2-1-5-13-7/h6-7,13H,1-5H2,(H2,11,15)(H2,12,16)(H,14,17). The van der Waals surface area contributed by atoms with Crippen LogP contribution in [0, 0.1) is 0 Å². The van der Waals surface area contributed by atoms with Crippen LogP contribution >= 0.6 is 0 Å². The average Bonchev–Trinajstić information content (AvgIpc) is 2.76. The minimum absolute atomic E-state index is 0.0198. The zero-order valence-electron chi connectivity index (χ0n) is 9.57. The Kier molecular flexibility index (Phi) is 4.89. The molecule has 6 N–H and O–H groups in total. The van der Waals surface area contributed by atoms with Gasteiger partial charge in [-0.15, -0.1) is 0 Å². The maximum absolute atomic E-state index is 11.7. The predicted octanol–water partition coefficient (Wildman–Crippen LogP) is -2.03. The van der Waals surface area contributed by atoms with E-state index >= 15 is 0 Å². The second-order valence-corrected chi connectivity index (χ2v) is 4.12. The van der Waals surface area contributed by atoms with E-state index < -0.39 is 17.9 Å². The van der Waals surface area contributed by atoms with Crippen LogP contribution in [0.2, 0.25) is 0 Å². The van der Waals surface area contributed by atoms with Crippen LogP contribution in [0.25, 0.3) is 0 Å². The predicted molar refractivity (Wildman–Crippen MR) is 60.6 cm³/mol. The van der Waals surface area contributed by atoms with Crippen molar-refractivity contribution in [2.75, 3.05) is 6.54 Å². The van der Waals surface area contributed by atoms with Gasteiger partial charge in [0.05, 0.1) is 6.04 Å². The molecule has 0 saturated carbocycles. The van der Waals surface area contributed by atoms with Gasteiger partial charge in [0, 0.05) is 6.42 Å². The summed E-state index contributed by atoms with van der Waals surface area (Å²) >= 11 is 0. The quantitative estimate of drug-likeness (QED) is 0.428. The summed E-state index contributed by atoms with van der Waals surface area (Å²) < 4.78 is 0. The second kappa shape index (κ2) is 6.19. The normalized spacial score (nSPS) is 20.8. The molecule has 7 nitrogen and oxygen atoms in total. The van der Waals surface area contributed by atoms with Gasteiger partial charge in [0.25, 0.3) is 0 Å². The summed E-state index contributed by atoms with van der Waals surface area (Å²) in [7, 11) is 0. The highest BCUT2D eigenvalue weighted by Crippen LogP contribution is 2.06. The first-order valence-electron chi connectivity index (χ1n) is 5.62. The van der Waals surface area contributed by atoms with Crippen LogP contribution in [0.3, 0.4) is 0 Å². The van der Waals surface area contributed by atoms with Crippen LogP contribution in [-0.4, -0.2) is 36.3 Å². The van der Waals surface area contributed by atoms with Gasteiger partial charge in [0.2, 0.25) is 17.7 Å². The SMILES string of the molecule is NC(=O)CCC(NC(=O)C1CCCN1)C(N)=O. The average molecular weight is 242 g/mol. The molecule has 0 aromatic rings. The fourth-order valence-electron chi connectivity index (χ4n) is 1.75. The zero-order valence-corrected chi connectivity index (χ0v) is 9.57. The molecule has 1 aliphatic heterocycles. The molecule has 96 valence electrons. The van der Waals surface area contributed by atoms with Crippen molar-refractivity contribution in [3.05, 3.63) is 0 Å². The number of nitrogens with one attached hydrogen (secondary N) is 2. The molecule has 7 heteroatoms. The number of carbonyl (C=O) groups excluding carboxylic acids is 3. The molecule has 0 aromatic carbocycles. The maximum Gasteiger partial charge on any atom is 0.240 e. The molecule has 1 heterocycles. The monoisotopic (exact) mass is 242 g/mol. The number of primary amides is 2. The summed E-state index contributed by atoms with van der Waals surface area (Å²) in [6.45, 7) is 0.792. The molecular weight excluding hydrogens is 224 g/mol. The Morgan fingerprint density at radius 1 is 1.35 bits per heavy atom. The largest absolute Gasteiger partial charge is 0.370 e. The Hall–Kier alpha value is -1.63. The lowest BCUT2D eigenvalue weighted by molar-refractivity contribution is -0.129. The molecule has 1 saturated heterocycles. The van der Waals surface area contributed by atoms with E-state index in [0.29, 0.717) is 0 Å². The van der Waals surface area contributed by atoms with E-state index in [1.54, 1.807) is 0 Å². The van der Waals surface area contributed by atoms with E-state index in [-0.39, 0.29) is 24.8 Å². The molecule has 1 aliphatic rings. The highest BCUT2D eigenvalue weighted by atomic mass is 16.2. The lowest BCUT2D eigenvalue weighted by Gasteiger charge is -2.17. The molecule has 0 bridgehead atoms. The molecule has 3 amide bonds. The van der Waals surface area contributed by atoms with Crippen molar-refractivity contribution in [3.63, 3.8) is 0 Å². The van der Waals surface area contributed by atoms with Crippen LogP contribution in [0.15, 0.2) is 0 Å². The molecule has 0 aliphatic carbocycles. The summed E-state index contributed by atoms with van der Waals surface area (Å²) in [5.41, 5.74) is 10.1. The Balaban J connectivity index is 2.44. The van der Waals surface area contributed by atoms with E-state index in [2.05, 4.69) is 10.6 Å². The first kappa shape index (κ1) is 13.4. The second-order valence-electron chi connectivity index (χ2n) is 4.12. The fourth-order valence-corrected chi connectivity index (χ4v) is 1.75. The fraction of sp³-hybridized carbons (Fsp3) is 0.700. The van der Waals surface area contributed by atoms with Gasteiger partial charge < -0.3 is 22.1 Å². The van der Waals surface area contributed by atoms with Gasteiger partial charge >= 0.3 is 0 Å². The summed E-state index contributed by atoms with van der Waals surface area (Å²) in [4.78, 5) is 33.4. The summed E-state index contributed by atoms with van der Waals surface area (Å²) in [5, 5.41) is 5.54. The van der Waals surface area contributed by atoms with Crippen molar-refractivity contribution in [2.24, 2.45) is 11.5 Å². The zero-order chi connectivity index (χ0) is 12.8. The van der Waals surface area contributed by atoms with Crippen molar-refractivity contribution in [1.82, 2.24) is 10.6 Å². The van der Waals surface area contributed by atoms with Crippen LogP contribution < -0.4 is 22.1 Å². The van der Waals surface area contributed by atoms with Gasteiger partial charge in [-0.1, -0.05) is 0 Å². The minimum Gasteiger partial charge on any atom is -0.370 e. The smallest absolute Gasteiger partial charge is 0.240 e. The van der Waals surface area contributed by atoms with Gasteiger partial charge in [-0.3, -0.25) is 14.4 Å². The van der Waals surface area contributed by atoms with E-state index in [4.69, 9.17) is 11.5 Å². The topological polar surface area (TPSA) is 127 Å². The number of nitrogens with two attached hydrogens (primary N) is 2. The van der Waals surface area contributed by atoms with Crippen LogP contribution in [0.1, 0.15) is 25.7 Å². The molecular formula is C10H18N4O3. The Morgan fingerprint density at radius 3 is 2.53 bits per heavy atom. The third-order valence-corrected chi connectivity index (χ3v) is 2.72. The van der Waals surface area contributed by atoms with Gasteiger partial charge in [-0.25, -0.2) is 0 Å². The Morgan fingerprint density at radius 2 is 2.06 bits per heavy atom. The molecule has 1 rings (SSSR count). The van der Waals surface area contributed by atoms with E-state index in [9.17, 15) is 14.4 Å². The van der Waals surface area contributed by atoms with Gasteiger partial charge in [-0.2, -0.15) is 0 Å². The maximum atomic E-state index is 11.7. The highest BCUT2D eigenvalue weighted by molar-refractivity contribution is 5.89. The van der Waals surface area contributed by atoms with Crippen molar-refractivity contribution in [3.8, 4) is 0 Å². The first-order chi connectivity index (χ1) is 8.00. The third kappa shape index (κ3) is 4.39. The third-order valence-electron chi connectivity index (χ3n) is 2.72. The van der Waals surface area contributed by atoms with Crippen molar-refractivity contribution >= 4 is 17.7 Å². The van der Waals surface area contributed by atoms with Gasteiger partial charge in [-0.05, 0) is 25.8 Å². The molecule has 0 spiro atoms. The van der Waals surface area contributed by atoms with Crippen LogP contribution in [-0.2, 0) is 14.4 Å². The molecule has 0 radical (unpaired) electrons. The number of hydrogen-bond donors (Lipinski definition) is 4. The number of amides is 3. The highest BCUT2D eigenvalue weighted by Gasteiger charge is 2.26. The lowest BCUT2D eigenvalue weighted by Crippen LogP contribution is -2.50. The summed E-state index contributed by atoms with van der Waals surface area (Å²) in [5.74, 6) is -1.43. The molecule has 2 unspecified atom stereocenters. The van der Waals surface area contributed by atoms with E-state index in [1.807, 2.05) is 0 Å². The van der Waals surface area contributed by atoms with E-state index in [1.165, 1.54) is 0 Å². The lowest BCUT2D eigenvalue weighted by atomic mass is 10.1. The Bertz CT molecular complexity index is 313.